The third-order valence-corrected chi connectivity index (χ3v) is 2.73. The number of hydrogen-bond donors (Lipinski definition) is 1. The van der Waals surface area contributed by atoms with Crippen molar-refractivity contribution in [2.45, 2.75) is 0 Å². The van der Waals surface area contributed by atoms with Gasteiger partial charge in [-0.05, 0) is 24.3 Å². The van der Waals surface area contributed by atoms with Gasteiger partial charge in [-0.2, -0.15) is 4.98 Å². The van der Waals surface area contributed by atoms with Gasteiger partial charge in [0.1, 0.15) is 17.9 Å². The maximum Gasteiger partial charge on any atom is 0.373 e. The molecule has 0 aliphatic heterocycles. The number of nitrogens with one attached hydrogen (secondary N) is 1. The van der Waals surface area contributed by atoms with Gasteiger partial charge in [0.05, 0.1) is 11.1 Å². The second-order valence-electron chi connectivity index (χ2n) is 4.26. The van der Waals surface area contributed by atoms with Crippen molar-refractivity contribution in [3.8, 4) is 11.6 Å². The first kappa shape index (κ1) is 14.3. The molecule has 0 amide bonds. The Morgan fingerprint density at radius 1 is 1.09 bits per heavy atom. The van der Waals surface area contributed by atoms with Crippen molar-refractivity contribution in [3.05, 3.63) is 65.4 Å². The molecule has 0 atom stereocenters. The number of aromatic nitrogens is 4. The lowest BCUT2D eigenvalue weighted by molar-refractivity contribution is -0.385. The van der Waals surface area contributed by atoms with Gasteiger partial charge in [0, 0.05) is 12.4 Å². The summed E-state index contributed by atoms with van der Waals surface area (Å²) in [6.45, 7) is 0. The maximum atomic E-state index is 11.4. The molecule has 3 aromatic rings. The average molecular weight is 310 g/mol. The molecular weight excluding hydrogens is 300 g/mol. The number of rotatable bonds is 5. The molecule has 23 heavy (non-hydrogen) atoms. The Bertz CT molecular complexity index is 754. The minimum absolute atomic E-state index is 0.0115. The zero-order valence-corrected chi connectivity index (χ0v) is 11.7. The van der Waals surface area contributed by atoms with E-state index in [0.29, 0.717) is 11.6 Å². The van der Waals surface area contributed by atoms with Crippen molar-refractivity contribution in [3.63, 3.8) is 0 Å². The highest BCUT2D eigenvalue weighted by Crippen LogP contribution is 2.34. The zero-order chi connectivity index (χ0) is 16.1. The van der Waals surface area contributed by atoms with E-state index in [4.69, 9.17) is 4.74 Å². The summed E-state index contributed by atoms with van der Waals surface area (Å²) in [6.07, 6.45) is 5.72. The van der Waals surface area contributed by atoms with Crippen LogP contribution in [0.15, 0.2) is 55.2 Å². The Hall–Kier alpha value is -3.62. The molecule has 0 radical (unpaired) electrons. The monoisotopic (exact) mass is 310 g/mol. The molecule has 0 spiro atoms. The summed E-state index contributed by atoms with van der Waals surface area (Å²) < 4.78 is 5.43. The summed E-state index contributed by atoms with van der Waals surface area (Å²) >= 11 is 0. The number of pyridine rings is 2. The van der Waals surface area contributed by atoms with Crippen molar-refractivity contribution in [1.82, 2.24) is 19.9 Å². The van der Waals surface area contributed by atoms with Crippen molar-refractivity contribution in [1.29, 1.82) is 0 Å². The first-order valence-electron chi connectivity index (χ1n) is 6.49. The van der Waals surface area contributed by atoms with Gasteiger partial charge in [0.15, 0.2) is 0 Å². The molecule has 3 rings (SSSR count). The normalized spacial score (nSPS) is 10.1. The van der Waals surface area contributed by atoms with E-state index in [1.807, 2.05) is 0 Å². The minimum atomic E-state index is -0.614. The van der Waals surface area contributed by atoms with Crippen LogP contribution in [0.2, 0.25) is 0 Å². The van der Waals surface area contributed by atoms with Crippen molar-refractivity contribution in [2.24, 2.45) is 0 Å². The number of hydrogen-bond acceptors (Lipinski definition) is 8. The molecule has 0 saturated carbocycles. The number of ether oxygens (including phenoxy) is 1. The lowest BCUT2D eigenvalue weighted by Gasteiger charge is -2.08. The lowest BCUT2D eigenvalue weighted by Crippen LogP contribution is -2.04. The fourth-order valence-corrected chi connectivity index (χ4v) is 1.77. The third kappa shape index (κ3) is 3.35. The van der Waals surface area contributed by atoms with Gasteiger partial charge < -0.3 is 10.1 Å². The second-order valence-corrected chi connectivity index (χ2v) is 4.26. The van der Waals surface area contributed by atoms with Crippen LogP contribution < -0.4 is 10.1 Å². The van der Waals surface area contributed by atoms with Crippen LogP contribution in [0.4, 0.5) is 17.3 Å². The molecule has 1 N–H and O–H groups in total. The van der Waals surface area contributed by atoms with Crippen LogP contribution in [0.1, 0.15) is 0 Å². The molecule has 0 unspecified atom stereocenters. The zero-order valence-electron chi connectivity index (χ0n) is 11.7. The third-order valence-electron chi connectivity index (χ3n) is 2.73. The van der Waals surface area contributed by atoms with Crippen LogP contribution in [0.5, 0.6) is 11.6 Å². The van der Waals surface area contributed by atoms with E-state index in [2.05, 4.69) is 25.3 Å². The SMILES string of the molecule is O=[N+]([O-])c1c(Nc2ccccn2)ncnc1Oc1cccnc1. The van der Waals surface area contributed by atoms with Crippen molar-refractivity contribution in [2.75, 3.05) is 5.32 Å². The Kier molecular flexibility index (Phi) is 4.01. The van der Waals surface area contributed by atoms with Crippen LogP contribution >= 0.6 is 0 Å². The molecule has 0 aliphatic carbocycles. The summed E-state index contributed by atoms with van der Waals surface area (Å²) in [5.41, 5.74) is -0.387. The van der Waals surface area contributed by atoms with Crippen LogP contribution in [0, 0.1) is 10.1 Å². The number of nitro groups is 1. The second kappa shape index (κ2) is 6.43. The minimum Gasteiger partial charge on any atom is -0.432 e. The van der Waals surface area contributed by atoms with Gasteiger partial charge in [0.2, 0.25) is 5.82 Å². The molecule has 0 bridgehead atoms. The van der Waals surface area contributed by atoms with Gasteiger partial charge >= 0.3 is 11.6 Å². The predicted octanol–water partition coefficient (Wildman–Crippen LogP) is 2.71. The molecule has 0 aromatic carbocycles. The van der Waals surface area contributed by atoms with Gasteiger partial charge in [-0.25, -0.2) is 9.97 Å². The Labute approximate surface area is 130 Å². The van der Waals surface area contributed by atoms with Crippen LogP contribution in [0.3, 0.4) is 0 Å². The van der Waals surface area contributed by atoms with Crippen LogP contribution in [-0.4, -0.2) is 24.9 Å². The highest BCUT2D eigenvalue weighted by molar-refractivity contribution is 5.67. The standard InChI is InChI=1S/C14H10N6O3/c21-20(22)12-13(19-11-5-1-2-7-16-11)17-9-18-14(12)23-10-4-3-6-15-8-10/h1-9H,(H,16,17,18,19). The van der Waals surface area contributed by atoms with Crippen LogP contribution in [-0.2, 0) is 0 Å². The van der Waals surface area contributed by atoms with E-state index in [1.54, 1.807) is 42.7 Å². The van der Waals surface area contributed by atoms with E-state index in [1.165, 1.54) is 12.5 Å². The predicted molar refractivity (Wildman–Crippen MR) is 80.5 cm³/mol. The fraction of sp³-hybridized carbons (Fsp3) is 0. The molecule has 0 aliphatic rings. The van der Waals surface area contributed by atoms with E-state index >= 15 is 0 Å². The van der Waals surface area contributed by atoms with E-state index in [9.17, 15) is 10.1 Å². The summed E-state index contributed by atoms with van der Waals surface area (Å²) in [7, 11) is 0. The largest absolute Gasteiger partial charge is 0.432 e. The van der Waals surface area contributed by atoms with Gasteiger partial charge in [-0.3, -0.25) is 15.1 Å². The highest BCUT2D eigenvalue weighted by atomic mass is 16.6. The van der Waals surface area contributed by atoms with Crippen LogP contribution in [0.25, 0.3) is 0 Å². The van der Waals surface area contributed by atoms with Gasteiger partial charge in [0.25, 0.3) is 0 Å². The molecular formula is C14H10N6O3. The van der Waals surface area contributed by atoms with E-state index < -0.39 is 4.92 Å². The number of anilines is 2. The summed E-state index contributed by atoms with van der Waals surface area (Å²) in [6, 6.07) is 8.40. The molecule has 0 fully saturated rings. The topological polar surface area (TPSA) is 116 Å². The molecule has 9 nitrogen and oxygen atoms in total. The molecule has 0 saturated heterocycles. The Balaban J connectivity index is 1.97. The first-order chi connectivity index (χ1) is 11.2. The van der Waals surface area contributed by atoms with Gasteiger partial charge in [-0.1, -0.05) is 6.07 Å². The summed E-state index contributed by atoms with van der Waals surface area (Å²) in [5, 5.41) is 14.2. The maximum absolute atomic E-state index is 11.4. The first-order valence-corrected chi connectivity index (χ1v) is 6.49. The Morgan fingerprint density at radius 3 is 2.70 bits per heavy atom. The highest BCUT2D eigenvalue weighted by Gasteiger charge is 2.25. The quantitative estimate of drug-likeness (QED) is 0.564. The average Bonchev–Trinajstić information content (AvgIpc) is 2.56. The van der Waals surface area contributed by atoms with Crippen molar-refractivity contribution >= 4 is 17.3 Å². The molecule has 3 aromatic heterocycles. The fourth-order valence-electron chi connectivity index (χ4n) is 1.77. The van der Waals surface area contributed by atoms with Crippen molar-refractivity contribution < 1.29 is 9.66 Å². The lowest BCUT2D eigenvalue weighted by atomic mass is 10.4. The molecule has 3 heterocycles. The summed E-state index contributed by atoms with van der Waals surface area (Å²) in [5.74, 6) is 0.554. The van der Waals surface area contributed by atoms with E-state index in [-0.39, 0.29) is 17.4 Å². The Morgan fingerprint density at radius 2 is 2.00 bits per heavy atom. The molecule has 9 heteroatoms. The molecule has 114 valence electrons. The van der Waals surface area contributed by atoms with Gasteiger partial charge in [-0.15, -0.1) is 0 Å². The summed E-state index contributed by atoms with van der Waals surface area (Å²) in [4.78, 5) is 26.4. The van der Waals surface area contributed by atoms with E-state index in [0.717, 1.165) is 0 Å². The number of nitrogens with zero attached hydrogens (tertiary/aromatic N) is 5. The smallest absolute Gasteiger partial charge is 0.373 e.